The molecule has 1 aliphatic rings. The number of hydrogen-bond acceptors (Lipinski definition) is 3. The molecular weight excluding hydrogens is 310 g/mol. The first kappa shape index (κ1) is 17.6. The van der Waals surface area contributed by atoms with Crippen molar-refractivity contribution < 1.29 is 4.79 Å². The molecule has 4 heteroatoms. The molecule has 1 aliphatic heterocycles. The van der Waals surface area contributed by atoms with Gasteiger partial charge in [-0.2, -0.15) is 0 Å². The first-order chi connectivity index (χ1) is 12.1. The molecule has 0 bridgehead atoms. The number of carbonyl (C=O) groups is 1. The van der Waals surface area contributed by atoms with Gasteiger partial charge in [0, 0.05) is 38.4 Å². The van der Waals surface area contributed by atoms with Crippen molar-refractivity contribution in [1.82, 2.24) is 14.8 Å². The molecule has 1 aromatic heterocycles. The number of piperidine rings is 1. The summed E-state index contributed by atoms with van der Waals surface area (Å²) < 4.78 is 0. The maximum absolute atomic E-state index is 12.1. The van der Waals surface area contributed by atoms with Gasteiger partial charge in [-0.3, -0.25) is 14.7 Å². The van der Waals surface area contributed by atoms with Crippen LogP contribution in [0.3, 0.4) is 0 Å². The van der Waals surface area contributed by atoms with Gasteiger partial charge in [0.2, 0.25) is 5.91 Å². The van der Waals surface area contributed by atoms with Gasteiger partial charge in [0.25, 0.3) is 0 Å². The number of rotatable bonds is 5. The molecule has 1 aromatic carbocycles. The molecule has 0 radical (unpaired) electrons. The van der Waals surface area contributed by atoms with Crippen LogP contribution in [-0.2, 0) is 11.2 Å². The zero-order valence-corrected chi connectivity index (χ0v) is 15.2. The summed E-state index contributed by atoms with van der Waals surface area (Å²) in [7, 11) is 3.64. The van der Waals surface area contributed by atoms with Crippen LogP contribution in [0.5, 0.6) is 0 Å². The number of likely N-dealkylation sites (tertiary alicyclic amines) is 1. The summed E-state index contributed by atoms with van der Waals surface area (Å²) >= 11 is 0. The number of likely N-dealkylation sites (N-methyl/N-ethyl adjacent to an activating group) is 1. The van der Waals surface area contributed by atoms with Crippen molar-refractivity contribution in [3.63, 3.8) is 0 Å². The zero-order valence-electron chi connectivity index (χ0n) is 15.2. The third kappa shape index (κ3) is 4.67. The van der Waals surface area contributed by atoms with E-state index in [0.717, 1.165) is 31.5 Å². The van der Waals surface area contributed by atoms with E-state index in [1.54, 1.807) is 4.90 Å². The van der Waals surface area contributed by atoms with Crippen LogP contribution in [-0.4, -0.2) is 47.9 Å². The summed E-state index contributed by atoms with van der Waals surface area (Å²) in [5, 5.41) is 0. The van der Waals surface area contributed by atoms with Crippen LogP contribution in [0.1, 0.15) is 42.1 Å². The van der Waals surface area contributed by atoms with E-state index in [4.69, 9.17) is 0 Å². The second kappa shape index (κ2) is 8.26. The Morgan fingerprint density at radius 1 is 1.16 bits per heavy atom. The highest BCUT2D eigenvalue weighted by Crippen LogP contribution is 2.30. The average Bonchev–Trinajstić information content (AvgIpc) is 2.64. The molecule has 2 heterocycles. The highest BCUT2D eigenvalue weighted by molar-refractivity contribution is 5.77. The molecule has 3 rings (SSSR count). The van der Waals surface area contributed by atoms with Crippen molar-refractivity contribution in [3.8, 4) is 0 Å². The lowest BCUT2D eigenvalue weighted by molar-refractivity contribution is -0.130. The molecule has 1 fully saturated rings. The SMILES string of the molecule is CN(C)C(=O)CN1CCCC[C@H]1c1ccc(Cc2ccccc2)nc1. The Hall–Kier alpha value is -2.20. The minimum Gasteiger partial charge on any atom is -0.348 e. The van der Waals surface area contributed by atoms with E-state index in [0.29, 0.717) is 12.6 Å². The van der Waals surface area contributed by atoms with E-state index in [-0.39, 0.29) is 5.91 Å². The molecule has 4 nitrogen and oxygen atoms in total. The summed E-state index contributed by atoms with van der Waals surface area (Å²) in [5.41, 5.74) is 3.59. The van der Waals surface area contributed by atoms with Crippen LogP contribution in [0.15, 0.2) is 48.7 Å². The summed E-state index contributed by atoms with van der Waals surface area (Å²) in [6.07, 6.45) is 6.33. The van der Waals surface area contributed by atoms with Gasteiger partial charge in [-0.05, 0) is 36.6 Å². The van der Waals surface area contributed by atoms with Gasteiger partial charge in [-0.1, -0.05) is 42.8 Å². The number of pyridine rings is 1. The second-order valence-electron chi connectivity index (χ2n) is 7.02. The van der Waals surface area contributed by atoms with Crippen molar-refractivity contribution in [2.45, 2.75) is 31.7 Å². The van der Waals surface area contributed by atoms with E-state index >= 15 is 0 Å². The van der Waals surface area contributed by atoms with Gasteiger partial charge in [0.15, 0.2) is 0 Å². The fraction of sp³-hybridized carbons (Fsp3) is 0.429. The van der Waals surface area contributed by atoms with E-state index in [1.807, 2.05) is 26.4 Å². The minimum absolute atomic E-state index is 0.167. The quantitative estimate of drug-likeness (QED) is 0.840. The number of aromatic nitrogens is 1. The Labute approximate surface area is 150 Å². The summed E-state index contributed by atoms with van der Waals surface area (Å²) in [4.78, 5) is 20.8. The molecule has 0 spiro atoms. The fourth-order valence-electron chi connectivity index (χ4n) is 3.42. The smallest absolute Gasteiger partial charge is 0.236 e. The molecule has 1 amide bonds. The minimum atomic E-state index is 0.167. The van der Waals surface area contributed by atoms with Gasteiger partial charge in [-0.25, -0.2) is 0 Å². The summed E-state index contributed by atoms with van der Waals surface area (Å²) in [5.74, 6) is 0.167. The maximum Gasteiger partial charge on any atom is 0.236 e. The average molecular weight is 337 g/mol. The standard InChI is InChI=1S/C21H27N3O/c1-23(2)21(25)16-24-13-7-6-10-20(24)18-11-12-19(22-15-18)14-17-8-4-3-5-9-17/h3-5,8-9,11-12,15,20H,6-7,10,13-14,16H2,1-2H3/t20-/m0/s1. The maximum atomic E-state index is 12.1. The van der Waals surface area contributed by atoms with Crippen LogP contribution in [0.25, 0.3) is 0 Å². The Bertz CT molecular complexity index is 682. The molecular formula is C21H27N3O. The summed E-state index contributed by atoms with van der Waals surface area (Å²) in [6, 6.07) is 15.0. The number of benzene rings is 1. The Morgan fingerprint density at radius 3 is 2.64 bits per heavy atom. The predicted molar refractivity (Wildman–Crippen MR) is 100 cm³/mol. The lowest BCUT2D eigenvalue weighted by atomic mass is 9.96. The van der Waals surface area contributed by atoms with E-state index in [1.165, 1.54) is 17.5 Å². The molecule has 0 N–H and O–H groups in total. The molecule has 0 unspecified atom stereocenters. The highest BCUT2D eigenvalue weighted by Gasteiger charge is 2.26. The highest BCUT2D eigenvalue weighted by atomic mass is 16.2. The first-order valence-corrected chi connectivity index (χ1v) is 9.06. The molecule has 25 heavy (non-hydrogen) atoms. The van der Waals surface area contributed by atoms with Gasteiger partial charge >= 0.3 is 0 Å². The van der Waals surface area contributed by atoms with Gasteiger partial charge in [0.1, 0.15) is 0 Å². The van der Waals surface area contributed by atoms with Gasteiger partial charge < -0.3 is 4.90 Å². The van der Waals surface area contributed by atoms with Crippen molar-refractivity contribution in [3.05, 3.63) is 65.5 Å². The number of amides is 1. The van der Waals surface area contributed by atoms with Crippen LogP contribution < -0.4 is 0 Å². The van der Waals surface area contributed by atoms with Crippen LogP contribution in [0, 0.1) is 0 Å². The molecule has 0 saturated carbocycles. The second-order valence-corrected chi connectivity index (χ2v) is 7.02. The lowest BCUT2D eigenvalue weighted by Crippen LogP contribution is -2.41. The lowest BCUT2D eigenvalue weighted by Gasteiger charge is -2.36. The van der Waals surface area contributed by atoms with Crippen LogP contribution in [0.2, 0.25) is 0 Å². The molecule has 1 atom stereocenters. The van der Waals surface area contributed by atoms with E-state index in [9.17, 15) is 4.79 Å². The zero-order chi connectivity index (χ0) is 17.6. The van der Waals surface area contributed by atoms with E-state index < -0.39 is 0 Å². The largest absolute Gasteiger partial charge is 0.348 e. The Morgan fingerprint density at radius 2 is 1.96 bits per heavy atom. The number of nitrogens with zero attached hydrogens (tertiary/aromatic N) is 3. The van der Waals surface area contributed by atoms with Crippen molar-refractivity contribution >= 4 is 5.91 Å². The summed E-state index contributed by atoms with van der Waals surface area (Å²) in [6.45, 7) is 1.47. The third-order valence-corrected chi connectivity index (χ3v) is 4.91. The number of hydrogen-bond donors (Lipinski definition) is 0. The van der Waals surface area contributed by atoms with Crippen molar-refractivity contribution in [1.29, 1.82) is 0 Å². The Balaban J connectivity index is 1.69. The molecule has 132 valence electrons. The van der Waals surface area contributed by atoms with Crippen molar-refractivity contribution in [2.75, 3.05) is 27.2 Å². The monoisotopic (exact) mass is 337 g/mol. The molecule has 0 aliphatic carbocycles. The third-order valence-electron chi connectivity index (χ3n) is 4.91. The van der Waals surface area contributed by atoms with E-state index in [2.05, 4.69) is 46.3 Å². The van der Waals surface area contributed by atoms with Gasteiger partial charge in [-0.15, -0.1) is 0 Å². The fourth-order valence-corrected chi connectivity index (χ4v) is 3.42. The van der Waals surface area contributed by atoms with Gasteiger partial charge in [0.05, 0.1) is 6.54 Å². The first-order valence-electron chi connectivity index (χ1n) is 9.06. The van der Waals surface area contributed by atoms with Crippen LogP contribution >= 0.6 is 0 Å². The predicted octanol–water partition coefficient (Wildman–Crippen LogP) is 3.29. The molecule has 1 saturated heterocycles. The molecule has 2 aromatic rings. The normalized spacial score (nSPS) is 18.1. The topological polar surface area (TPSA) is 36.4 Å². The van der Waals surface area contributed by atoms with Crippen LogP contribution in [0.4, 0.5) is 0 Å². The Kier molecular flexibility index (Phi) is 5.82. The number of carbonyl (C=O) groups excluding carboxylic acids is 1. The van der Waals surface area contributed by atoms with Crippen molar-refractivity contribution in [2.24, 2.45) is 0 Å².